The minimum atomic E-state index is 0.484. The minimum Gasteiger partial charge on any atom is -0.272 e. The van der Waals surface area contributed by atoms with Gasteiger partial charge in [-0.25, -0.2) is 15.0 Å². The van der Waals surface area contributed by atoms with Gasteiger partial charge < -0.3 is 0 Å². The second kappa shape index (κ2) is 8.55. The predicted molar refractivity (Wildman–Crippen MR) is 113 cm³/mol. The highest BCUT2D eigenvalue weighted by Crippen LogP contribution is 2.24. The Morgan fingerprint density at radius 1 is 1.07 bits per heavy atom. The molecule has 0 amide bonds. The van der Waals surface area contributed by atoms with E-state index in [9.17, 15) is 0 Å². The first-order chi connectivity index (χ1) is 13.7. The molecular formula is C21H27ClN6. The van der Waals surface area contributed by atoms with E-state index in [1.165, 1.54) is 12.8 Å². The molecular weight excluding hydrogens is 372 g/mol. The molecule has 4 heterocycles. The van der Waals surface area contributed by atoms with Crippen molar-refractivity contribution in [3.63, 3.8) is 0 Å². The van der Waals surface area contributed by atoms with Crippen molar-refractivity contribution in [2.75, 3.05) is 26.2 Å². The van der Waals surface area contributed by atoms with E-state index in [0.717, 1.165) is 54.9 Å². The van der Waals surface area contributed by atoms with E-state index in [4.69, 9.17) is 11.6 Å². The lowest BCUT2D eigenvalue weighted by Crippen LogP contribution is -2.47. The number of hydrazine groups is 1. The van der Waals surface area contributed by atoms with E-state index < -0.39 is 0 Å². The largest absolute Gasteiger partial charge is 0.272 e. The molecule has 7 heteroatoms. The fourth-order valence-corrected chi connectivity index (χ4v) is 4.18. The van der Waals surface area contributed by atoms with Crippen LogP contribution in [0, 0.1) is 5.92 Å². The molecule has 0 unspecified atom stereocenters. The van der Waals surface area contributed by atoms with E-state index in [0.29, 0.717) is 11.1 Å². The normalized spacial score (nSPS) is 16.3. The van der Waals surface area contributed by atoms with Crippen molar-refractivity contribution in [2.45, 2.75) is 33.2 Å². The molecule has 0 aromatic carbocycles. The summed E-state index contributed by atoms with van der Waals surface area (Å²) in [6.45, 7) is 9.88. The Hall–Kier alpha value is -2.02. The van der Waals surface area contributed by atoms with Crippen LogP contribution in [0.2, 0.25) is 5.15 Å². The highest BCUT2D eigenvalue weighted by atomic mass is 35.5. The predicted octanol–water partition coefficient (Wildman–Crippen LogP) is 4.12. The van der Waals surface area contributed by atoms with Gasteiger partial charge in [-0.3, -0.25) is 9.67 Å². The monoisotopic (exact) mass is 398 g/mol. The molecule has 6 nitrogen and oxygen atoms in total. The van der Waals surface area contributed by atoms with Crippen LogP contribution in [0.3, 0.4) is 0 Å². The second-order valence-electron chi connectivity index (χ2n) is 7.38. The lowest BCUT2D eigenvalue weighted by molar-refractivity contribution is -0.0433. The number of rotatable bonds is 6. The maximum absolute atomic E-state index is 6.02. The summed E-state index contributed by atoms with van der Waals surface area (Å²) in [5.41, 5.74) is 3.74. The molecule has 148 valence electrons. The van der Waals surface area contributed by atoms with Gasteiger partial charge in [-0.05, 0) is 37.0 Å². The first kappa shape index (κ1) is 19.3. The zero-order valence-corrected chi connectivity index (χ0v) is 17.3. The van der Waals surface area contributed by atoms with Crippen molar-refractivity contribution < 1.29 is 0 Å². The number of nitrogens with zero attached hydrogens (tertiary/aromatic N) is 6. The van der Waals surface area contributed by atoms with Gasteiger partial charge in [0, 0.05) is 56.2 Å². The van der Waals surface area contributed by atoms with Gasteiger partial charge in [0.25, 0.3) is 0 Å². The third kappa shape index (κ3) is 4.19. The molecule has 4 rings (SSSR count). The highest BCUT2D eigenvalue weighted by molar-refractivity contribution is 6.29. The Morgan fingerprint density at radius 2 is 1.86 bits per heavy atom. The quantitative estimate of drug-likeness (QED) is 0.584. The van der Waals surface area contributed by atoms with Gasteiger partial charge in [-0.15, -0.1) is 0 Å². The lowest BCUT2D eigenvalue weighted by atomic mass is 9.98. The molecule has 1 aliphatic heterocycles. The van der Waals surface area contributed by atoms with Gasteiger partial charge in [0.2, 0.25) is 0 Å². The van der Waals surface area contributed by atoms with Crippen molar-refractivity contribution in [1.29, 1.82) is 0 Å². The third-order valence-corrected chi connectivity index (χ3v) is 5.85. The smallest absolute Gasteiger partial charge is 0.129 e. The molecule has 28 heavy (non-hydrogen) atoms. The number of hydrogen-bond donors (Lipinski definition) is 0. The molecule has 0 radical (unpaired) electrons. The molecule has 3 aromatic rings. The molecule has 0 N–H and O–H groups in total. The first-order valence-corrected chi connectivity index (χ1v) is 10.5. The summed E-state index contributed by atoms with van der Waals surface area (Å²) in [6, 6.07) is 5.68. The van der Waals surface area contributed by atoms with Crippen molar-refractivity contribution >= 4 is 22.6 Å². The van der Waals surface area contributed by atoms with Gasteiger partial charge in [0.1, 0.15) is 5.15 Å². The van der Waals surface area contributed by atoms with Crippen molar-refractivity contribution in [3.05, 3.63) is 41.9 Å². The van der Waals surface area contributed by atoms with Crippen LogP contribution >= 0.6 is 11.6 Å². The molecule has 1 fully saturated rings. The number of piperidine rings is 1. The highest BCUT2D eigenvalue weighted by Gasteiger charge is 2.22. The molecule has 0 atom stereocenters. The number of pyridine rings is 2. The van der Waals surface area contributed by atoms with Gasteiger partial charge in [-0.2, -0.15) is 5.10 Å². The Kier molecular flexibility index (Phi) is 5.90. The Bertz CT molecular complexity index is 928. The zero-order valence-electron chi connectivity index (χ0n) is 16.6. The fraction of sp³-hybridized carbons (Fsp3) is 0.476. The molecule has 0 saturated carbocycles. The van der Waals surface area contributed by atoms with E-state index in [2.05, 4.69) is 49.8 Å². The summed E-state index contributed by atoms with van der Waals surface area (Å²) >= 11 is 6.02. The van der Waals surface area contributed by atoms with E-state index in [1.807, 2.05) is 24.5 Å². The minimum absolute atomic E-state index is 0.484. The van der Waals surface area contributed by atoms with Crippen LogP contribution in [0.4, 0.5) is 0 Å². The van der Waals surface area contributed by atoms with E-state index in [-0.39, 0.29) is 0 Å². The lowest BCUT2D eigenvalue weighted by Gasteiger charge is -2.38. The molecule has 0 bridgehead atoms. The number of halogens is 1. The number of hydrogen-bond acceptors (Lipinski definition) is 5. The summed E-state index contributed by atoms with van der Waals surface area (Å²) in [6.07, 6.45) is 8.34. The second-order valence-corrected chi connectivity index (χ2v) is 7.77. The van der Waals surface area contributed by atoms with Crippen LogP contribution < -0.4 is 0 Å². The summed E-state index contributed by atoms with van der Waals surface area (Å²) in [5.74, 6) is 0.676. The average Bonchev–Trinajstić information content (AvgIpc) is 3.18. The van der Waals surface area contributed by atoms with E-state index >= 15 is 0 Å². The summed E-state index contributed by atoms with van der Waals surface area (Å²) in [4.78, 5) is 8.86. The Labute approximate surface area is 171 Å². The van der Waals surface area contributed by atoms with Crippen LogP contribution in [-0.2, 0) is 6.54 Å². The zero-order chi connectivity index (χ0) is 19.5. The van der Waals surface area contributed by atoms with Crippen molar-refractivity contribution in [3.8, 4) is 11.1 Å². The molecule has 1 saturated heterocycles. The summed E-state index contributed by atoms with van der Waals surface area (Å²) in [7, 11) is 0. The van der Waals surface area contributed by atoms with Crippen LogP contribution in [0.5, 0.6) is 0 Å². The number of fused-ring (bicyclic) bond motifs is 1. The van der Waals surface area contributed by atoms with Gasteiger partial charge in [0.15, 0.2) is 0 Å². The topological polar surface area (TPSA) is 50.1 Å². The number of aromatic nitrogens is 4. The summed E-state index contributed by atoms with van der Waals surface area (Å²) in [5, 5.41) is 10.0. The van der Waals surface area contributed by atoms with Crippen LogP contribution in [0.15, 0.2) is 36.8 Å². The van der Waals surface area contributed by atoms with Crippen LogP contribution in [0.1, 0.15) is 26.7 Å². The van der Waals surface area contributed by atoms with Crippen molar-refractivity contribution in [1.82, 2.24) is 29.8 Å². The van der Waals surface area contributed by atoms with Crippen LogP contribution in [0.25, 0.3) is 22.2 Å². The fourth-order valence-electron chi connectivity index (χ4n) is 4.02. The van der Waals surface area contributed by atoms with Crippen LogP contribution in [-0.4, -0.2) is 55.9 Å². The van der Waals surface area contributed by atoms with Gasteiger partial charge >= 0.3 is 0 Å². The van der Waals surface area contributed by atoms with Crippen molar-refractivity contribution in [2.24, 2.45) is 5.92 Å². The first-order valence-electron chi connectivity index (χ1n) is 10.1. The maximum Gasteiger partial charge on any atom is 0.129 e. The van der Waals surface area contributed by atoms with Gasteiger partial charge in [0.05, 0.1) is 17.2 Å². The standard InChI is InChI=1S/C21H27ClN6/c1-3-27(4-2)28-9-7-16(8-10-28)14-26-15-18(13-24-26)17-11-20-19(23-12-17)5-6-21(22)25-20/h5-6,11-13,15-16H,3-4,7-10,14H2,1-2H3. The summed E-state index contributed by atoms with van der Waals surface area (Å²) < 4.78 is 2.07. The molecule has 0 spiro atoms. The van der Waals surface area contributed by atoms with E-state index in [1.54, 1.807) is 6.07 Å². The molecule has 1 aliphatic rings. The third-order valence-electron chi connectivity index (χ3n) is 5.64. The van der Waals surface area contributed by atoms with Gasteiger partial charge in [-0.1, -0.05) is 25.4 Å². The average molecular weight is 399 g/mol. The Balaban J connectivity index is 1.41. The Morgan fingerprint density at radius 3 is 2.61 bits per heavy atom. The maximum atomic E-state index is 6.02. The SMILES string of the molecule is CCN(CC)N1CCC(Cn2cc(-c3cnc4ccc(Cl)nc4c3)cn2)CC1. The molecule has 3 aromatic heterocycles. The molecule has 0 aliphatic carbocycles.